The highest BCUT2D eigenvalue weighted by Crippen LogP contribution is 2.09. The van der Waals surface area contributed by atoms with E-state index in [4.69, 9.17) is 10.4 Å². The molecule has 1 heterocycles. The molecule has 1 aromatic heterocycles. The summed E-state index contributed by atoms with van der Waals surface area (Å²) in [6.45, 7) is 2.48. The maximum Gasteiger partial charge on any atom is 0.143 e. The third-order valence-electron chi connectivity index (χ3n) is 2.02. The van der Waals surface area contributed by atoms with Crippen molar-refractivity contribution in [1.29, 1.82) is 5.26 Å². The summed E-state index contributed by atoms with van der Waals surface area (Å²) in [5, 5.41) is 20.9. The minimum absolute atomic E-state index is 0.272. The lowest BCUT2D eigenvalue weighted by atomic mass is 10.2. The molecular formula is C11H15N3O. The Hall–Kier alpha value is -1.60. The van der Waals surface area contributed by atoms with E-state index < -0.39 is 0 Å². The van der Waals surface area contributed by atoms with Crippen LogP contribution in [0.1, 0.15) is 25.3 Å². The van der Waals surface area contributed by atoms with Gasteiger partial charge in [0.15, 0.2) is 0 Å². The summed E-state index contributed by atoms with van der Waals surface area (Å²) >= 11 is 0. The predicted octanol–water partition coefficient (Wildman–Crippen LogP) is 1.53. The summed E-state index contributed by atoms with van der Waals surface area (Å²) in [4.78, 5) is 4.07. The van der Waals surface area contributed by atoms with Crippen molar-refractivity contribution < 1.29 is 5.11 Å². The number of nitrogens with one attached hydrogen (secondary N) is 1. The van der Waals surface area contributed by atoms with Gasteiger partial charge in [0, 0.05) is 12.7 Å². The number of aliphatic hydroxyl groups excluding tert-OH is 1. The van der Waals surface area contributed by atoms with Gasteiger partial charge in [-0.1, -0.05) is 0 Å². The number of rotatable bonds is 5. The van der Waals surface area contributed by atoms with Gasteiger partial charge in [-0.25, -0.2) is 4.98 Å². The number of pyridine rings is 1. The standard InChI is InChI=1S/C11H15N3O/c1-9(15)4-2-6-13-11-10(8-12)5-3-7-14-11/h3,5,7,9,15H,2,4,6H2,1H3,(H,13,14). The van der Waals surface area contributed by atoms with Crippen LogP contribution in [-0.4, -0.2) is 22.7 Å². The molecule has 0 aliphatic carbocycles. The van der Waals surface area contributed by atoms with Crippen molar-refractivity contribution in [2.75, 3.05) is 11.9 Å². The molecule has 0 aromatic carbocycles. The van der Waals surface area contributed by atoms with Gasteiger partial charge < -0.3 is 10.4 Å². The number of nitrogens with zero attached hydrogens (tertiary/aromatic N) is 2. The fraction of sp³-hybridized carbons (Fsp3) is 0.455. The molecule has 4 nitrogen and oxygen atoms in total. The maximum atomic E-state index is 9.05. The molecule has 4 heteroatoms. The molecule has 0 amide bonds. The smallest absolute Gasteiger partial charge is 0.143 e. The lowest BCUT2D eigenvalue weighted by Crippen LogP contribution is -2.08. The molecule has 0 spiro atoms. The molecule has 1 rings (SSSR count). The zero-order chi connectivity index (χ0) is 11.1. The van der Waals surface area contributed by atoms with E-state index in [1.165, 1.54) is 0 Å². The zero-order valence-electron chi connectivity index (χ0n) is 8.77. The molecule has 0 aliphatic rings. The summed E-state index contributed by atoms with van der Waals surface area (Å²) in [5.41, 5.74) is 0.551. The highest BCUT2D eigenvalue weighted by molar-refractivity contribution is 5.50. The zero-order valence-corrected chi connectivity index (χ0v) is 8.77. The van der Waals surface area contributed by atoms with Gasteiger partial charge in [0.05, 0.1) is 11.7 Å². The Morgan fingerprint density at radius 1 is 1.67 bits per heavy atom. The van der Waals surface area contributed by atoms with Crippen molar-refractivity contribution in [1.82, 2.24) is 4.98 Å². The third-order valence-corrected chi connectivity index (χ3v) is 2.02. The van der Waals surface area contributed by atoms with Crippen LogP contribution in [0.4, 0.5) is 5.82 Å². The van der Waals surface area contributed by atoms with Crippen LogP contribution in [0.25, 0.3) is 0 Å². The Morgan fingerprint density at radius 3 is 3.13 bits per heavy atom. The van der Waals surface area contributed by atoms with Crippen molar-refractivity contribution in [2.24, 2.45) is 0 Å². The summed E-state index contributed by atoms with van der Waals surface area (Å²) in [6.07, 6.45) is 2.99. The van der Waals surface area contributed by atoms with Crippen LogP contribution in [0.5, 0.6) is 0 Å². The van der Waals surface area contributed by atoms with Crippen molar-refractivity contribution in [2.45, 2.75) is 25.9 Å². The second kappa shape index (κ2) is 5.99. The fourth-order valence-corrected chi connectivity index (χ4v) is 1.24. The summed E-state index contributed by atoms with van der Waals surface area (Å²) in [5.74, 6) is 0.616. The molecular weight excluding hydrogens is 190 g/mol. The first kappa shape index (κ1) is 11.5. The van der Waals surface area contributed by atoms with E-state index >= 15 is 0 Å². The number of aromatic nitrogens is 1. The average Bonchev–Trinajstić information content (AvgIpc) is 2.24. The van der Waals surface area contributed by atoms with Crippen molar-refractivity contribution in [3.8, 4) is 6.07 Å². The van der Waals surface area contributed by atoms with E-state index in [-0.39, 0.29) is 6.10 Å². The second-order valence-electron chi connectivity index (χ2n) is 3.43. The van der Waals surface area contributed by atoms with Crippen LogP contribution in [0.2, 0.25) is 0 Å². The Kier molecular flexibility index (Phi) is 4.58. The van der Waals surface area contributed by atoms with Crippen LogP contribution in [0.15, 0.2) is 18.3 Å². The van der Waals surface area contributed by atoms with Crippen molar-refractivity contribution in [3.05, 3.63) is 23.9 Å². The highest BCUT2D eigenvalue weighted by atomic mass is 16.3. The molecule has 0 aliphatic heterocycles. The lowest BCUT2D eigenvalue weighted by Gasteiger charge is -2.07. The summed E-state index contributed by atoms with van der Waals surface area (Å²) in [6, 6.07) is 5.53. The topological polar surface area (TPSA) is 68.9 Å². The monoisotopic (exact) mass is 205 g/mol. The largest absolute Gasteiger partial charge is 0.393 e. The molecule has 80 valence electrons. The minimum atomic E-state index is -0.272. The first-order valence-corrected chi connectivity index (χ1v) is 5.01. The van der Waals surface area contributed by atoms with E-state index in [1.54, 1.807) is 25.3 Å². The Labute approximate surface area is 89.6 Å². The van der Waals surface area contributed by atoms with Crippen LogP contribution in [-0.2, 0) is 0 Å². The van der Waals surface area contributed by atoms with E-state index in [9.17, 15) is 0 Å². The normalized spacial score (nSPS) is 11.8. The van der Waals surface area contributed by atoms with Crippen molar-refractivity contribution >= 4 is 5.82 Å². The molecule has 1 aromatic rings. The van der Waals surface area contributed by atoms with Gasteiger partial charge in [-0.2, -0.15) is 5.26 Å². The van der Waals surface area contributed by atoms with Gasteiger partial charge >= 0.3 is 0 Å². The van der Waals surface area contributed by atoms with E-state index in [0.29, 0.717) is 11.4 Å². The SMILES string of the molecule is CC(O)CCCNc1ncccc1C#N. The van der Waals surface area contributed by atoms with Crippen LogP contribution >= 0.6 is 0 Å². The van der Waals surface area contributed by atoms with E-state index in [0.717, 1.165) is 19.4 Å². The van der Waals surface area contributed by atoms with Gasteiger partial charge in [0.25, 0.3) is 0 Å². The number of anilines is 1. The second-order valence-corrected chi connectivity index (χ2v) is 3.43. The number of nitriles is 1. The molecule has 1 atom stereocenters. The number of hydrogen-bond donors (Lipinski definition) is 2. The average molecular weight is 205 g/mol. The third kappa shape index (κ3) is 3.96. The summed E-state index contributed by atoms with van der Waals surface area (Å²) < 4.78 is 0. The predicted molar refractivity (Wildman–Crippen MR) is 58.4 cm³/mol. The minimum Gasteiger partial charge on any atom is -0.393 e. The molecule has 0 bridgehead atoms. The number of aliphatic hydroxyl groups is 1. The fourth-order valence-electron chi connectivity index (χ4n) is 1.24. The Morgan fingerprint density at radius 2 is 2.47 bits per heavy atom. The van der Waals surface area contributed by atoms with Gasteiger partial charge in [-0.15, -0.1) is 0 Å². The molecule has 2 N–H and O–H groups in total. The molecule has 15 heavy (non-hydrogen) atoms. The molecule has 0 saturated heterocycles. The van der Waals surface area contributed by atoms with Crippen LogP contribution in [0.3, 0.4) is 0 Å². The van der Waals surface area contributed by atoms with Crippen LogP contribution < -0.4 is 5.32 Å². The molecule has 0 fully saturated rings. The molecule has 0 saturated carbocycles. The highest BCUT2D eigenvalue weighted by Gasteiger charge is 2.01. The summed E-state index contributed by atoms with van der Waals surface area (Å²) in [7, 11) is 0. The Bertz CT molecular complexity index is 344. The molecule has 0 radical (unpaired) electrons. The maximum absolute atomic E-state index is 9.05. The van der Waals surface area contributed by atoms with E-state index in [2.05, 4.69) is 16.4 Å². The first-order valence-electron chi connectivity index (χ1n) is 5.01. The Balaban J connectivity index is 2.41. The number of hydrogen-bond acceptors (Lipinski definition) is 4. The van der Waals surface area contributed by atoms with Gasteiger partial charge in [-0.3, -0.25) is 0 Å². The van der Waals surface area contributed by atoms with Gasteiger partial charge in [0.2, 0.25) is 0 Å². The molecule has 1 unspecified atom stereocenters. The first-order chi connectivity index (χ1) is 7.24. The van der Waals surface area contributed by atoms with Gasteiger partial charge in [-0.05, 0) is 31.9 Å². The van der Waals surface area contributed by atoms with Crippen molar-refractivity contribution in [3.63, 3.8) is 0 Å². The van der Waals surface area contributed by atoms with E-state index in [1.807, 2.05) is 0 Å². The quantitative estimate of drug-likeness (QED) is 0.715. The van der Waals surface area contributed by atoms with Crippen LogP contribution in [0, 0.1) is 11.3 Å². The van der Waals surface area contributed by atoms with Gasteiger partial charge in [0.1, 0.15) is 11.9 Å². The lowest BCUT2D eigenvalue weighted by molar-refractivity contribution is 0.183.